The molecule has 1 N–H and O–H groups in total. The van der Waals surface area contributed by atoms with E-state index in [0.717, 1.165) is 24.2 Å². The second-order valence-electron chi connectivity index (χ2n) is 5.70. The first-order valence-electron chi connectivity index (χ1n) is 5.85. The van der Waals surface area contributed by atoms with Crippen LogP contribution in [0.3, 0.4) is 0 Å². The number of rotatable bonds is 2. The van der Waals surface area contributed by atoms with Crippen LogP contribution in [-0.2, 0) is 4.79 Å². The molecule has 2 nitrogen and oxygen atoms in total. The van der Waals surface area contributed by atoms with Gasteiger partial charge in [0.25, 0.3) is 0 Å². The zero-order valence-corrected chi connectivity index (χ0v) is 9.25. The van der Waals surface area contributed by atoms with Gasteiger partial charge >= 0.3 is 0 Å². The van der Waals surface area contributed by atoms with E-state index in [2.05, 4.69) is 19.2 Å². The Morgan fingerprint density at radius 2 is 1.71 bits per heavy atom. The predicted octanol–water partition coefficient (Wildman–Crippen LogP) is 2.34. The van der Waals surface area contributed by atoms with E-state index in [-0.39, 0.29) is 5.54 Å². The molecule has 1 amide bonds. The maximum absolute atomic E-state index is 10.7. The van der Waals surface area contributed by atoms with Gasteiger partial charge in [0.05, 0.1) is 0 Å². The highest BCUT2D eigenvalue weighted by molar-refractivity contribution is 5.48. The van der Waals surface area contributed by atoms with E-state index in [0.29, 0.717) is 0 Å². The van der Waals surface area contributed by atoms with E-state index in [1.165, 1.54) is 32.1 Å². The van der Waals surface area contributed by atoms with Gasteiger partial charge in [-0.15, -0.1) is 0 Å². The molecule has 2 rings (SSSR count). The zero-order chi connectivity index (χ0) is 10.2. The Kier molecular flexibility index (Phi) is 2.54. The number of fused-ring (bicyclic) bond motifs is 2. The lowest BCUT2D eigenvalue weighted by atomic mass is 9.61. The highest BCUT2D eigenvalue weighted by atomic mass is 16.1. The Bertz CT molecular complexity index is 207. The molecule has 0 heterocycles. The summed E-state index contributed by atoms with van der Waals surface area (Å²) in [5.74, 6) is 2.43. The van der Waals surface area contributed by atoms with E-state index < -0.39 is 0 Å². The first kappa shape index (κ1) is 10.0. The summed E-state index contributed by atoms with van der Waals surface area (Å²) in [6, 6.07) is 0. The fraction of sp³-hybridized carbons (Fsp3) is 0.917. The molecule has 80 valence electrons. The molecular weight excluding hydrogens is 174 g/mol. The largest absolute Gasteiger partial charge is 0.353 e. The normalized spacial score (nSPS) is 47.1. The summed E-state index contributed by atoms with van der Waals surface area (Å²) >= 11 is 0. The molecule has 2 aliphatic carbocycles. The van der Waals surface area contributed by atoms with E-state index in [4.69, 9.17) is 0 Å². The van der Waals surface area contributed by atoms with Crippen molar-refractivity contribution in [1.29, 1.82) is 0 Å². The van der Waals surface area contributed by atoms with Crippen molar-refractivity contribution < 1.29 is 4.79 Å². The minimum atomic E-state index is 0.155. The summed E-state index contributed by atoms with van der Waals surface area (Å²) in [5, 5.41) is 3.11. The van der Waals surface area contributed by atoms with Crippen LogP contribution in [0, 0.1) is 17.8 Å². The molecule has 2 heteroatoms. The lowest BCUT2D eigenvalue weighted by molar-refractivity contribution is -0.113. The van der Waals surface area contributed by atoms with Crippen LogP contribution in [-0.4, -0.2) is 11.9 Å². The van der Waals surface area contributed by atoms with Crippen LogP contribution in [0.2, 0.25) is 0 Å². The number of carbonyl (C=O) groups is 1. The van der Waals surface area contributed by atoms with Gasteiger partial charge in [-0.05, 0) is 49.9 Å². The average molecular weight is 195 g/mol. The average Bonchev–Trinajstić information content (AvgIpc) is 1.99. The Morgan fingerprint density at radius 1 is 1.14 bits per heavy atom. The second kappa shape index (κ2) is 3.56. The Morgan fingerprint density at radius 3 is 2.21 bits per heavy atom. The maximum Gasteiger partial charge on any atom is 0.207 e. The Balaban J connectivity index is 2.14. The number of amides is 1. The quantitative estimate of drug-likeness (QED) is 0.673. The van der Waals surface area contributed by atoms with Gasteiger partial charge in [-0.3, -0.25) is 4.79 Å². The first-order valence-corrected chi connectivity index (χ1v) is 5.85. The van der Waals surface area contributed by atoms with Gasteiger partial charge < -0.3 is 5.32 Å². The Labute approximate surface area is 86.5 Å². The van der Waals surface area contributed by atoms with E-state index >= 15 is 0 Å². The molecule has 2 unspecified atom stereocenters. The molecule has 14 heavy (non-hydrogen) atoms. The first-order chi connectivity index (χ1) is 6.63. The Hall–Kier alpha value is -0.530. The smallest absolute Gasteiger partial charge is 0.207 e. The van der Waals surface area contributed by atoms with Crippen molar-refractivity contribution in [2.75, 3.05) is 0 Å². The fourth-order valence-electron chi connectivity index (χ4n) is 4.01. The molecule has 0 aliphatic heterocycles. The highest BCUT2D eigenvalue weighted by Gasteiger charge is 2.43. The molecule has 2 bridgehead atoms. The molecule has 0 saturated heterocycles. The molecule has 0 spiro atoms. The van der Waals surface area contributed by atoms with Crippen molar-refractivity contribution in [2.24, 2.45) is 17.8 Å². The van der Waals surface area contributed by atoms with Crippen molar-refractivity contribution in [3.05, 3.63) is 0 Å². The summed E-state index contributed by atoms with van der Waals surface area (Å²) < 4.78 is 0. The van der Waals surface area contributed by atoms with Crippen LogP contribution in [0.15, 0.2) is 0 Å². The third-order valence-corrected chi connectivity index (χ3v) is 3.99. The SMILES string of the molecule is CC1CC2CC(C)CC(NC=O)(C1)C2. The number of hydrogen-bond acceptors (Lipinski definition) is 1. The van der Waals surface area contributed by atoms with Crippen LogP contribution < -0.4 is 5.32 Å². The standard InChI is InChI=1S/C12H21NO/c1-9-3-11-4-10(2)6-12(5-9,7-11)13-8-14/h8-11H,3-7H2,1-2H3,(H,13,14). The number of carbonyl (C=O) groups excluding carboxylic acids is 1. The number of nitrogens with one attached hydrogen (secondary N) is 1. The minimum Gasteiger partial charge on any atom is -0.353 e. The monoisotopic (exact) mass is 195 g/mol. The molecule has 0 aromatic rings. The molecular formula is C12H21NO. The van der Waals surface area contributed by atoms with Gasteiger partial charge in [-0.25, -0.2) is 0 Å². The lowest BCUT2D eigenvalue weighted by Crippen LogP contribution is -2.53. The predicted molar refractivity (Wildman–Crippen MR) is 56.8 cm³/mol. The van der Waals surface area contributed by atoms with Crippen LogP contribution in [0.4, 0.5) is 0 Å². The molecule has 0 aromatic heterocycles. The molecule has 2 aliphatic rings. The molecule has 2 fully saturated rings. The van der Waals surface area contributed by atoms with Crippen LogP contribution in [0.25, 0.3) is 0 Å². The zero-order valence-electron chi connectivity index (χ0n) is 9.25. The van der Waals surface area contributed by atoms with Crippen molar-refractivity contribution in [3.8, 4) is 0 Å². The van der Waals surface area contributed by atoms with Gasteiger partial charge in [0.15, 0.2) is 0 Å². The fourth-order valence-corrected chi connectivity index (χ4v) is 4.01. The molecule has 2 atom stereocenters. The molecule has 2 saturated carbocycles. The molecule has 0 aromatic carbocycles. The third kappa shape index (κ3) is 1.79. The second-order valence-corrected chi connectivity index (χ2v) is 5.70. The summed E-state index contributed by atoms with van der Waals surface area (Å²) in [6.07, 6.45) is 7.24. The topological polar surface area (TPSA) is 29.1 Å². The minimum absolute atomic E-state index is 0.155. The summed E-state index contributed by atoms with van der Waals surface area (Å²) in [6.45, 7) is 4.65. The van der Waals surface area contributed by atoms with Gasteiger partial charge in [0.2, 0.25) is 6.41 Å². The van der Waals surface area contributed by atoms with Crippen molar-refractivity contribution in [3.63, 3.8) is 0 Å². The summed E-state index contributed by atoms with van der Waals surface area (Å²) in [7, 11) is 0. The maximum atomic E-state index is 10.7. The van der Waals surface area contributed by atoms with Gasteiger partial charge in [-0.1, -0.05) is 13.8 Å². The van der Waals surface area contributed by atoms with Crippen LogP contribution >= 0.6 is 0 Å². The van der Waals surface area contributed by atoms with Crippen LogP contribution in [0.1, 0.15) is 46.0 Å². The third-order valence-electron chi connectivity index (χ3n) is 3.99. The summed E-state index contributed by atoms with van der Waals surface area (Å²) in [5.41, 5.74) is 0.155. The van der Waals surface area contributed by atoms with Crippen molar-refractivity contribution >= 4 is 6.41 Å². The van der Waals surface area contributed by atoms with E-state index in [9.17, 15) is 4.79 Å². The van der Waals surface area contributed by atoms with Crippen molar-refractivity contribution in [2.45, 2.75) is 51.5 Å². The lowest BCUT2D eigenvalue weighted by Gasteiger charge is -2.49. The van der Waals surface area contributed by atoms with Gasteiger partial charge in [0, 0.05) is 5.54 Å². The van der Waals surface area contributed by atoms with Gasteiger partial charge in [0.1, 0.15) is 0 Å². The highest BCUT2D eigenvalue weighted by Crippen LogP contribution is 2.46. The molecule has 0 radical (unpaired) electrons. The van der Waals surface area contributed by atoms with E-state index in [1.807, 2.05) is 0 Å². The van der Waals surface area contributed by atoms with Crippen molar-refractivity contribution in [1.82, 2.24) is 5.32 Å². The van der Waals surface area contributed by atoms with Gasteiger partial charge in [-0.2, -0.15) is 0 Å². The van der Waals surface area contributed by atoms with E-state index in [1.54, 1.807) is 0 Å². The van der Waals surface area contributed by atoms with Crippen LogP contribution in [0.5, 0.6) is 0 Å². The summed E-state index contributed by atoms with van der Waals surface area (Å²) in [4.78, 5) is 10.7. The number of hydrogen-bond donors (Lipinski definition) is 1.